The molecule has 4 rings (SSSR count). The molecule has 0 aliphatic rings. The molecule has 0 fully saturated rings. The first-order chi connectivity index (χ1) is 23.5. The molecule has 0 aliphatic heterocycles. The SMILES string of the molecule is COC(=O)c1sccc1S(=O)(=O)NC(=O)Nc1nc(C)nc(OC)n1.COC(=O)c1sccc1S(=O)(=O)NC(=O)Nc1nc(C)nc(OC)n1. The Bertz CT molecular complexity index is 1970. The van der Waals surface area contributed by atoms with Crippen LogP contribution in [0.1, 0.15) is 31.0 Å². The van der Waals surface area contributed by atoms with Crippen LogP contribution >= 0.6 is 22.7 Å². The molecule has 0 spiro atoms. The Kier molecular flexibility index (Phi) is 13.0. The molecule has 4 aromatic rings. The summed E-state index contributed by atoms with van der Waals surface area (Å²) in [6, 6.07) is 0.0444. The molecule has 268 valence electrons. The molecule has 0 unspecified atom stereocenters. The summed E-state index contributed by atoms with van der Waals surface area (Å²) in [5.41, 5.74) is 0. The van der Waals surface area contributed by atoms with E-state index in [0.29, 0.717) is 0 Å². The molecule has 0 saturated heterocycles. The average molecular weight is 775 g/mol. The highest BCUT2D eigenvalue weighted by Crippen LogP contribution is 2.24. The number of carbonyl (C=O) groups excluding carboxylic acids is 4. The topological polar surface area (TPSA) is 299 Å². The third-order valence-electron chi connectivity index (χ3n) is 5.30. The number of urea groups is 2. The standard InChI is InChI=1S/2C12H13N5O6S2/c2*1-6-13-10(16-12(14-6)23-3)15-11(19)17-25(20,21)7-4-5-24-8(7)9(18)22-2/h2*4-5H,1-3H3,(H2,13,14,15,16,17,19). The van der Waals surface area contributed by atoms with Crippen molar-refractivity contribution in [2.75, 3.05) is 39.1 Å². The Morgan fingerprint density at radius 3 is 1.28 bits per heavy atom. The summed E-state index contributed by atoms with van der Waals surface area (Å²) in [5, 5.41) is 7.08. The van der Waals surface area contributed by atoms with E-state index in [1.807, 2.05) is 0 Å². The zero-order chi connectivity index (χ0) is 37.2. The summed E-state index contributed by atoms with van der Waals surface area (Å²) >= 11 is 1.74. The second kappa shape index (κ2) is 16.7. The number of nitrogens with zero attached hydrogens (tertiary/aromatic N) is 6. The summed E-state index contributed by atoms with van der Waals surface area (Å²) in [6.45, 7) is 3.08. The third kappa shape index (κ3) is 10.2. The minimum absolute atomic E-state index is 0.0449. The van der Waals surface area contributed by atoms with Crippen LogP contribution in [0.4, 0.5) is 21.5 Å². The van der Waals surface area contributed by atoms with E-state index in [-0.39, 0.29) is 55.1 Å². The lowest BCUT2D eigenvalue weighted by Gasteiger charge is -2.08. The normalized spacial score (nSPS) is 10.8. The molecule has 0 atom stereocenters. The molecule has 0 saturated carbocycles. The van der Waals surface area contributed by atoms with Gasteiger partial charge in [-0.15, -0.1) is 22.7 Å². The van der Waals surface area contributed by atoms with E-state index in [2.05, 4.69) is 50.0 Å². The van der Waals surface area contributed by atoms with Gasteiger partial charge in [0.1, 0.15) is 31.2 Å². The number of esters is 2. The van der Waals surface area contributed by atoms with E-state index >= 15 is 0 Å². The number of thiophene rings is 2. The van der Waals surface area contributed by atoms with E-state index in [1.165, 1.54) is 51.0 Å². The number of sulfonamides is 2. The van der Waals surface area contributed by atoms with E-state index in [4.69, 9.17) is 9.47 Å². The maximum atomic E-state index is 12.3. The lowest BCUT2D eigenvalue weighted by atomic mass is 10.5. The first-order valence-corrected chi connectivity index (χ1v) is 17.8. The minimum atomic E-state index is -4.30. The van der Waals surface area contributed by atoms with Crippen LogP contribution in [0.15, 0.2) is 32.7 Å². The Balaban J connectivity index is 0.000000270. The fourth-order valence-electron chi connectivity index (χ4n) is 3.32. The molecule has 26 heteroatoms. The van der Waals surface area contributed by atoms with Gasteiger partial charge in [0.15, 0.2) is 0 Å². The molecule has 4 heterocycles. The smallest absolute Gasteiger partial charge is 0.349 e. The van der Waals surface area contributed by atoms with Crippen LogP contribution in [-0.4, -0.2) is 99.2 Å². The number of aryl methyl sites for hydroxylation is 2. The van der Waals surface area contributed by atoms with E-state index in [1.54, 1.807) is 9.44 Å². The zero-order valence-electron chi connectivity index (χ0n) is 26.5. The largest absolute Gasteiger partial charge is 0.467 e. The van der Waals surface area contributed by atoms with E-state index < -0.39 is 44.0 Å². The van der Waals surface area contributed by atoms with Gasteiger partial charge in [0, 0.05) is 0 Å². The van der Waals surface area contributed by atoms with Crippen LogP contribution in [0.2, 0.25) is 0 Å². The van der Waals surface area contributed by atoms with Gasteiger partial charge in [-0.2, -0.15) is 29.9 Å². The molecule has 50 heavy (non-hydrogen) atoms. The Morgan fingerprint density at radius 1 is 0.600 bits per heavy atom. The van der Waals surface area contributed by atoms with Gasteiger partial charge in [-0.25, -0.2) is 45.5 Å². The highest BCUT2D eigenvalue weighted by Gasteiger charge is 2.28. The molecule has 0 aromatic carbocycles. The van der Waals surface area contributed by atoms with Gasteiger partial charge >= 0.3 is 36.0 Å². The maximum absolute atomic E-state index is 12.3. The fourth-order valence-corrected chi connectivity index (χ4v) is 7.80. The molecular formula is C24H26N10O12S4. The summed E-state index contributed by atoms with van der Waals surface area (Å²) in [4.78, 5) is 68.8. The number of aromatic nitrogens is 6. The molecule has 0 aliphatic carbocycles. The number of hydrogen-bond donors (Lipinski definition) is 4. The number of nitrogens with one attached hydrogen (secondary N) is 4. The number of carbonyl (C=O) groups is 4. The van der Waals surface area contributed by atoms with Crippen molar-refractivity contribution < 1.29 is 55.0 Å². The van der Waals surface area contributed by atoms with Crippen molar-refractivity contribution >= 4 is 78.6 Å². The van der Waals surface area contributed by atoms with Gasteiger partial charge in [0.25, 0.3) is 20.0 Å². The van der Waals surface area contributed by atoms with Crippen molar-refractivity contribution in [2.45, 2.75) is 23.6 Å². The number of hydrogen-bond acceptors (Lipinski definition) is 20. The van der Waals surface area contributed by atoms with Crippen LogP contribution in [-0.2, 0) is 29.5 Å². The number of amides is 4. The van der Waals surface area contributed by atoms with Crippen molar-refractivity contribution in [2.24, 2.45) is 0 Å². The monoisotopic (exact) mass is 774 g/mol. The first kappa shape index (κ1) is 38.8. The van der Waals surface area contributed by atoms with Gasteiger partial charge in [-0.3, -0.25) is 10.6 Å². The molecule has 4 aromatic heterocycles. The van der Waals surface area contributed by atoms with Crippen LogP contribution in [0.5, 0.6) is 12.0 Å². The highest BCUT2D eigenvalue weighted by atomic mass is 32.2. The minimum Gasteiger partial charge on any atom is -0.467 e. The summed E-state index contributed by atoms with van der Waals surface area (Å²) in [6.07, 6.45) is 0. The quantitative estimate of drug-likeness (QED) is 0.164. The van der Waals surface area contributed by atoms with Crippen molar-refractivity contribution in [3.8, 4) is 12.0 Å². The Hall–Kier alpha value is -5.60. The average Bonchev–Trinajstić information content (AvgIpc) is 3.75. The second-order valence-corrected chi connectivity index (χ2v) is 13.9. The third-order valence-corrected chi connectivity index (χ3v) is 10.1. The summed E-state index contributed by atoms with van der Waals surface area (Å²) < 4.78 is 71.3. The van der Waals surface area contributed by atoms with Crippen LogP contribution < -0.4 is 29.6 Å². The van der Waals surface area contributed by atoms with Gasteiger partial charge < -0.3 is 18.9 Å². The number of anilines is 2. The van der Waals surface area contributed by atoms with Gasteiger partial charge in [0.05, 0.1) is 28.4 Å². The Labute approximate surface area is 291 Å². The molecule has 22 nitrogen and oxygen atoms in total. The predicted molar refractivity (Wildman–Crippen MR) is 172 cm³/mol. The van der Waals surface area contributed by atoms with Crippen molar-refractivity contribution in [3.63, 3.8) is 0 Å². The number of methoxy groups -OCH3 is 4. The molecule has 0 bridgehead atoms. The van der Waals surface area contributed by atoms with Gasteiger partial charge in [0.2, 0.25) is 11.9 Å². The number of rotatable bonds is 10. The van der Waals surface area contributed by atoms with Crippen molar-refractivity contribution in [1.82, 2.24) is 39.3 Å². The Morgan fingerprint density at radius 2 is 0.960 bits per heavy atom. The van der Waals surface area contributed by atoms with E-state index in [0.717, 1.165) is 36.9 Å². The number of ether oxygens (including phenoxy) is 4. The second-order valence-electron chi connectivity index (χ2n) is 8.72. The predicted octanol–water partition coefficient (Wildman–Crippen LogP) is 1.09. The van der Waals surface area contributed by atoms with Crippen molar-refractivity contribution in [3.05, 3.63) is 44.3 Å². The van der Waals surface area contributed by atoms with Crippen LogP contribution in [0.3, 0.4) is 0 Å². The fraction of sp³-hybridized carbons (Fsp3) is 0.250. The summed E-state index contributed by atoms with van der Waals surface area (Å²) in [7, 11) is -3.71. The van der Waals surface area contributed by atoms with Crippen molar-refractivity contribution in [1.29, 1.82) is 0 Å². The zero-order valence-corrected chi connectivity index (χ0v) is 29.8. The first-order valence-electron chi connectivity index (χ1n) is 13.1. The highest BCUT2D eigenvalue weighted by molar-refractivity contribution is 7.90. The van der Waals surface area contributed by atoms with Gasteiger partial charge in [-0.1, -0.05) is 0 Å². The molecule has 4 N–H and O–H groups in total. The van der Waals surface area contributed by atoms with Crippen LogP contribution in [0, 0.1) is 13.8 Å². The van der Waals surface area contributed by atoms with Crippen LogP contribution in [0.25, 0.3) is 0 Å². The molecular weight excluding hydrogens is 749 g/mol. The molecule has 4 amide bonds. The summed E-state index contributed by atoms with van der Waals surface area (Å²) in [5.74, 6) is -1.53. The molecule has 0 radical (unpaired) electrons. The van der Waals surface area contributed by atoms with E-state index in [9.17, 15) is 36.0 Å². The van der Waals surface area contributed by atoms with Gasteiger partial charge in [-0.05, 0) is 36.7 Å². The lowest BCUT2D eigenvalue weighted by molar-refractivity contribution is 0.0593. The lowest BCUT2D eigenvalue weighted by Crippen LogP contribution is -2.35. The maximum Gasteiger partial charge on any atom is 0.349 e.